The van der Waals surface area contributed by atoms with Crippen LogP contribution >= 0.6 is 0 Å². The zero-order valence-corrected chi connectivity index (χ0v) is 9.38. The maximum Gasteiger partial charge on any atom is 0.328 e. The van der Waals surface area contributed by atoms with E-state index < -0.39 is 0 Å². The Labute approximate surface area is 93.7 Å². The van der Waals surface area contributed by atoms with Crippen LogP contribution in [0.5, 0.6) is 5.75 Å². The molecule has 0 aliphatic heterocycles. The molecular formula is C12H14N2O2. The van der Waals surface area contributed by atoms with Crippen molar-refractivity contribution in [1.82, 2.24) is 9.13 Å². The summed E-state index contributed by atoms with van der Waals surface area (Å²) in [6.07, 6.45) is 3.54. The van der Waals surface area contributed by atoms with E-state index in [-0.39, 0.29) is 5.69 Å². The molecule has 0 spiro atoms. The van der Waals surface area contributed by atoms with Gasteiger partial charge in [0.15, 0.2) is 0 Å². The molecule has 0 radical (unpaired) electrons. The van der Waals surface area contributed by atoms with Gasteiger partial charge in [0, 0.05) is 19.4 Å². The minimum Gasteiger partial charge on any atom is -0.497 e. The standard InChI is InChI=1S/C12H14N2O2/c1-13-7-8-14(12(13)15)9-10-3-5-11(16-2)6-4-10/h3-8H,9H2,1-2H3. The van der Waals surface area contributed by atoms with E-state index in [1.807, 2.05) is 24.3 Å². The highest BCUT2D eigenvalue weighted by Crippen LogP contribution is 2.11. The largest absolute Gasteiger partial charge is 0.497 e. The molecule has 2 aromatic rings. The van der Waals surface area contributed by atoms with Crippen LogP contribution in [0, 0.1) is 0 Å². The van der Waals surface area contributed by atoms with E-state index in [9.17, 15) is 4.79 Å². The maximum atomic E-state index is 11.6. The van der Waals surface area contributed by atoms with Crippen LogP contribution in [0.25, 0.3) is 0 Å². The van der Waals surface area contributed by atoms with Gasteiger partial charge >= 0.3 is 5.69 Å². The first-order valence-corrected chi connectivity index (χ1v) is 5.05. The number of imidazole rings is 1. The van der Waals surface area contributed by atoms with Crippen molar-refractivity contribution in [3.8, 4) is 5.75 Å². The number of benzene rings is 1. The molecule has 0 unspecified atom stereocenters. The van der Waals surface area contributed by atoms with E-state index in [2.05, 4.69) is 0 Å². The second kappa shape index (κ2) is 4.26. The van der Waals surface area contributed by atoms with Crippen molar-refractivity contribution >= 4 is 0 Å². The van der Waals surface area contributed by atoms with E-state index in [0.29, 0.717) is 6.54 Å². The summed E-state index contributed by atoms with van der Waals surface area (Å²) >= 11 is 0. The van der Waals surface area contributed by atoms with Crippen molar-refractivity contribution in [2.45, 2.75) is 6.54 Å². The second-order valence-electron chi connectivity index (χ2n) is 3.67. The molecular weight excluding hydrogens is 204 g/mol. The molecule has 1 heterocycles. The van der Waals surface area contributed by atoms with Crippen molar-refractivity contribution in [3.05, 3.63) is 52.7 Å². The lowest BCUT2D eigenvalue weighted by molar-refractivity contribution is 0.414. The predicted octanol–water partition coefficient (Wildman–Crippen LogP) is 1.24. The summed E-state index contributed by atoms with van der Waals surface area (Å²) in [4.78, 5) is 11.6. The summed E-state index contributed by atoms with van der Waals surface area (Å²) in [6, 6.07) is 7.70. The van der Waals surface area contributed by atoms with Gasteiger partial charge in [-0.3, -0.25) is 4.57 Å². The van der Waals surface area contributed by atoms with Gasteiger partial charge in [-0.05, 0) is 17.7 Å². The number of aryl methyl sites for hydroxylation is 1. The van der Waals surface area contributed by atoms with Crippen LogP contribution in [0.4, 0.5) is 0 Å². The molecule has 84 valence electrons. The van der Waals surface area contributed by atoms with Crippen molar-refractivity contribution in [3.63, 3.8) is 0 Å². The van der Waals surface area contributed by atoms with Crippen LogP contribution in [0.3, 0.4) is 0 Å². The van der Waals surface area contributed by atoms with Crippen LogP contribution in [-0.4, -0.2) is 16.2 Å². The summed E-state index contributed by atoms with van der Waals surface area (Å²) < 4.78 is 8.30. The van der Waals surface area contributed by atoms with Crippen LogP contribution in [0.2, 0.25) is 0 Å². The van der Waals surface area contributed by atoms with Crippen LogP contribution < -0.4 is 10.4 Å². The molecule has 0 bridgehead atoms. The van der Waals surface area contributed by atoms with Gasteiger partial charge in [0.25, 0.3) is 0 Å². The van der Waals surface area contributed by atoms with Crippen LogP contribution in [0.1, 0.15) is 5.56 Å². The van der Waals surface area contributed by atoms with E-state index >= 15 is 0 Å². The van der Waals surface area contributed by atoms with E-state index in [4.69, 9.17) is 4.74 Å². The molecule has 1 aromatic carbocycles. The highest BCUT2D eigenvalue weighted by Gasteiger charge is 2.00. The summed E-state index contributed by atoms with van der Waals surface area (Å²) in [5.74, 6) is 0.823. The first-order valence-electron chi connectivity index (χ1n) is 5.05. The SMILES string of the molecule is COc1ccc(Cn2ccn(C)c2=O)cc1. The molecule has 0 saturated heterocycles. The molecule has 0 fully saturated rings. The average Bonchev–Trinajstić information content (AvgIpc) is 2.62. The molecule has 4 nitrogen and oxygen atoms in total. The predicted molar refractivity (Wildman–Crippen MR) is 61.8 cm³/mol. The zero-order chi connectivity index (χ0) is 11.5. The van der Waals surface area contributed by atoms with Gasteiger partial charge in [0.05, 0.1) is 13.7 Å². The number of hydrogen-bond donors (Lipinski definition) is 0. The lowest BCUT2D eigenvalue weighted by Gasteiger charge is -2.03. The molecule has 2 rings (SSSR count). The Morgan fingerprint density at radius 3 is 2.38 bits per heavy atom. The van der Waals surface area contributed by atoms with Crippen molar-refractivity contribution in [2.24, 2.45) is 7.05 Å². The smallest absolute Gasteiger partial charge is 0.328 e. The average molecular weight is 218 g/mol. The topological polar surface area (TPSA) is 36.2 Å². The number of hydrogen-bond acceptors (Lipinski definition) is 2. The zero-order valence-electron chi connectivity index (χ0n) is 9.38. The Morgan fingerprint density at radius 1 is 1.19 bits per heavy atom. The van der Waals surface area contributed by atoms with Crippen molar-refractivity contribution < 1.29 is 4.74 Å². The number of nitrogens with zero attached hydrogens (tertiary/aromatic N) is 2. The minimum absolute atomic E-state index is 0.00387. The van der Waals surface area contributed by atoms with Gasteiger partial charge in [-0.25, -0.2) is 4.79 Å². The van der Waals surface area contributed by atoms with Gasteiger partial charge < -0.3 is 9.30 Å². The van der Waals surface area contributed by atoms with Crippen LogP contribution in [0.15, 0.2) is 41.5 Å². The lowest BCUT2D eigenvalue weighted by atomic mass is 10.2. The second-order valence-corrected chi connectivity index (χ2v) is 3.67. The quantitative estimate of drug-likeness (QED) is 0.777. The summed E-state index contributed by atoms with van der Waals surface area (Å²) in [6.45, 7) is 0.587. The van der Waals surface area contributed by atoms with Gasteiger partial charge in [-0.1, -0.05) is 12.1 Å². The van der Waals surface area contributed by atoms with E-state index in [1.54, 1.807) is 35.7 Å². The van der Waals surface area contributed by atoms with Gasteiger partial charge in [-0.15, -0.1) is 0 Å². The minimum atomic E-state index is -0.00387. The van der Waals surface area contributed by atoms with Gasteiger partial charge in [-0.2, -0.15) is 0 Å². The fourth-order valence-corrected chi connectivity index (χ4v) is 1.56. The molecule has 0 atom stereocenters. The molecule has 0 aliphatic carbocycles. The molecule has 0 saturated carbocycles. The van der Waals surface area contributed by atoms with Crippen molar-refractivity contribution in [2.75, 3.05) is 7.11 Å². The third-order valence-electron chi connectivity index (χ3n) is 2.53. The molecule has 0 aliphatic rings. The van der Waals surface area contributed by atoms with Gasteiger partial charge in [0.2, 0.25) is 0 Å². The van der Waals surface area contributed by atoms with E-state index in [0.717, 1.165) is 11.3 Å². The Hall–Kier alpha value is -1.97. The molecule has 0 amide bonds. The number of methoxy groups -OCH3 is 1. The normalized spacial score (nSPS) is 10.4. The Morgan fingerprint density at radius 2 is 1.88 bits per heavy atom. The number of ether oxygens (including phenoxy) is 1. The maximum absolute atomic E-state index is 11.6. The first-order chi connectivity index (χ1) is 7.70. The number of aromatic nitrogens is 2. The third-order valence-corrected chi connectivity index (χ3v) is 2.53. The summed E-state index contributed by atoms with van der Waals surface area (Å²) in [7, 11) is 3.38. The van der Waals surface area contributed by atoms with Crippen molar-refractivity contribution in [1.29, 1.82) is 0 Å². The highest BCUT2D eigenvalue weighted by molar-refractivity contribution is 5.27. The monoisotopic (exact) mass is 218 g/mol. The Kier molecular flexibility index (Phi) is 2.81. The Balaban J connectivity index is 2.21. The summed E-state index contributed by atoms with van der Waals surface area (Å²) in [5, 5.41) is 0. The van der Waals surface area contributed by atoms with E-state index in [1.165, 1.54) is 0 Å². The van der Waals surface area contributed by atoms with Gasteiger partial charge in [0.1, 0.15) is 5.75 Å². The van der Waals surface area contributed by atoms with Crippen LogP contribution in [-0.2, 0) is 13.6 Å². The number of rotatable bonds is 3. The molecule has 0 N–H and O–H groups in total. The summed E-state index contributed by atoms with van der Waals surface area (Å²) in [5.41, 5.74) is 1.07. The molecule has 1 aromatic heterocycles. The lowest BCUT2D eigenvalue weighted by Crippen LogP contribution is -2.22. The molecule has 4 heteroatoms. The first kappa shape index (κ1) is 10.5. The highest BCUT2D eigenvalue weighted by atomic mass is 16.5. The fourth-order valence-electron chi connectivity index (χ4n) is 1.56. The Bertz CT molecular complexity index is 523. The molecule has 16 heavy (non-hydrogen) atoms. The fraction of sp³-hybridized carbons (Fsp3) is 0.250. The third kappa shape index (κ3) is 2.00.